The number of piperidine rings is 1. The summed E-state index contributed by atoms with van der Waals surface area (Å²) >= 11 is 0. The highest BCUT2D eigenvalue weighted by Crippen LogP contribution is 2.28. The molecule has 0 aromatic carbocycles. The molecule has 0 radical (unpaired) electrons. The number of pyridine rings is 1. The van der Waals surface area contributed by atoms with E-state index >= 15 is 0 Å². The number of halogens is 1. The van der Waals surface area contributed by atoms with Crippen molar-refractivity contribution in [1.82, 2.24) is 4.98 Å². The molecule has 1 fully saturated rings. The summed E-state index contributed by atoms with van der Waals surface area (Å²) in [6.07, 6.45) is 3.46. The van der Waals surface area contributed by atoms with E-state index in [2.05, 4.69) is 23.7 Å². The first-order valence-corrected chi connectivity index (χ1v) is 6.13. The van der Waals surface area contributed by atoms with E-state index in [4.69, 9.17) is 0 Å². The maximum atomic E-state index is 13.1. The summed E-state index contributed by atoms with van der Waals surface area (Å²) in [5, 5.41) is 9.28. The molecule has 1 aliphatic heterocycles. The van der Waals surface area contributed by atoms with E-state index in [1.54, 1.807) is 0 Å². The van der Waals surface area contributed by atoms with Gasteiger partial charge in [0, 0.05) is 18.2 Å². The lowest BCUT2D eigenvalue weighted by molar-refractivity contribution is 0.279. The largest absolute Gasteiger partial charge is 0.392 e. The second-order valence-electron chi connectivity index (χ2n) is 4.97. The van der Waals surface area contributed by atoms with Gasteiger partial charge in [-0.1, -0.05) is 6.92 Å². The second-order valence-corrected chi connectivity index (χ2v) is 4.97. The Bertz CT molecular complexity index is 397. The van der Waals surface area contributed by atoms with Gasteiger partial charge >= 0.3 is 0 Å². The number of aliphatic hydroxyl groups is 1. The van der Waals surface area contributed by atoms with Crippen LogP contribution in [0.4, 0.5) is 10.2 Å². The lowest BCUT2D eigenvalue weighted by Crippen LogP contribution is -2.41. The SMILES string of the molecule is CC1CCN(c2ncc(F)cc2CO)C(C)C1. The van der Waals surface area contributed by atoms with Crippen molar-refractivity contribution >= 4 is 5.82 Å². The highest BCUT2D eigenvalue weighted by atomic mass is 19.1. The lowest BCUT2D eigenvalue weighted by atomic mass is 9.93. The standard InChI is InChI=1S/C13H19FN2O/c1-9-3-4-16(10(2)5-9)13-11(8-17)6-12(14)7-15-13/h6-7,9-10,17H,3-5,8H2,1-2H3. The van der Waals surface area contributed by atoms with E-state index in [1.807, 2.05) is 0 Å². The number of hydrogen-bond acceptors (Lipinski definition) is 3. The lowest BCUT2D eigenvalue weighted by Gasteiger charge is -2.38. The topological polar surface area (TPSA) is 36.4 Å². The Morgan fingerprint density at radius 1 is 1.53 bits per heavy atom. The van der Waals surface area contributed by atoms with Crippen molar-refractivity contribution in [3.8, 4) is 0 Å². The molecule has 0 saturated carbocycles. The van der Waals surface area contributed by atoms with Gasteiger partial charge in [-0.25, -0.2) is 9.37 Å². The van der Waals surface area contributed by atoms with Gasteiger partial charge in [0.25, 0.3) is 0 Å². The molecule has 2 heterocycles. The van der Waals surface area contributed by atoms with Crippen LogP contribution in [0.1, 0.15) is 32.3 Å². The quantitative estimate of drug-likeness (QED) is 0.859. The Hall–Kier alpha value is -1.16. The Morgan fingerprint density at radius 3 is 2.94 bits per heavy atom. The van der Waals surface area contributed by atoms with Gasteiger partial charge in [0.2, 0.25) is 0 Å². The first-order valence-electron chi connectivity index (χ1n) is 6.13. The van der Waals surface area contributed by atoms with Crippen LogP contribution in [0.25, 0.3) is 0 Å². The number of rotatable bonds is 2. The van der Waals surface area contributed by atoms with E-state index in [9.17, 15) is 9.50 Å². The molecular weight excluding hydrogens is 219 g/mol. The molecule has 2 atom stereocenters. The molecule has 94 valence electrons. The molecule has 1 saturated heterocycles. The molecule has 1 aliphatic rings. The highest BCUT2D eigenvalue weighted by Gasteiger charge is 2.25. The maximum absolute atomic E-state index is 13.1. The number of hydrogen-bond donors (Lipinski definition) is 1. The molecule has 17 heavy (non-hydrogen) atoms. The smallest absolute Gasteiger partial charge is 0.142 e. The van der Waals surface area contributed by atoms with Crippen molar-refractivity contribution < 1.29 is 9.50 Å². The highest BCUT2D eigenvalue weighted by molar-refractivity contribution is 5.47. The van der Waals surface area contributed by atoms with Crippen LogP contribution >= 0.6 is 0 Å². The first-order chi connectivity index (χ1) is 8.11. The molecule has 1 aromatic rings. The minimum atomic E-state index is -0.393. The zero-order valence-electron chi connectivity index (χ0n) is 10.4. The fourth-order valence-electron chi connectivity index (χ4n) is 2.57. The van der Waals surface area contributed by atoms with E-state index in [0.29, 0.717) is 11.6 Å². The van der Waals surface area contributed by atoms with E-state index in [1.165, 1.54) is 12.3 Å². The summed E-state index contributed by atoms with van der Waals surface area (Å²) in [6.45, 7) is 5.16. The van der Waals surface area contributed by atoms with Gasteiger partial charge in [-0.05, 0) is 31.7 Å². The fraction of sp³-hybridized carbons (Fsp3) is 0.615. The van der Waals surface area contributed by atoms with Crippen molar-refractivity contribution in [3.63, 3.8) is 0 Å². The van der Waals surface area contributed by atoms with Crippen LogP contribution in [0.5, 0.6) is 0 Å². The van der Waals surface area contributed by atoms with Crippen molar-refractivity contribution in [2.45, 2.75) is 39.3 Å². The number of aromatic nitrogens is 1. The Kier molecular flexibility index (Phi) is 3.62. The van der Waals surface area contributed by atoms with E-state index in [0.717, 1.165) is 31.1 Å². The second kappa shape index (κ2) is 5.00. The third-order valence-electron chi connectivity index (χ3n) is 3.49. The molecule has 3 nitrogen and oxygen atoms in total. The average Bonchev–Trinajstić information content (AvgIpc) is 2.30. The summed E-state index contributed by atoms with van der Waals surface area (Å²) < 4.78 is 13.1. The number of nitrogens with zero attached hydrogens (tertiary/aromatic N) is 2. The van der Waals surface area contributed by atoms with Crippen molar-refractivity contribution in [1.29, 1.82) is 0 Å². The van der Waals surface area contributed by atoms with Gasteiger partial charge in [-0.2, -0.15) is 0 Å². The summed E-state index contributed by atoms with van der Waals surface area (Å²) in [4.78, 5) is 6.31. The van der Waals surface area contributed by atoms with Gasteiger partial charge in [0.1, 0.15) is 11.6 Å². The molecule has 4 heteroatoms. The maximum Gasteiger partial charge on any atom is 0.142 e. The van der Waals surface area contributed by atoms with E-state index in [-0.39, 0.29) is 6.61 Å². The van der Waals surface area contributed by atoms with Gasteiger partial charge in [0.15, 0.2) is 0 Å². The Labute approximate surface area is 101 Å². The van der Waals surface area contributed by atoms with Gasteiger partial charge in [-0.15, -0.1) is 0 Å². The zero-order valence-corrected chi connectivity index (χ0v) is 10.4. The predicted octanol–water partition coefficient (Wildman–Crippen LogP) is 2.34. The van der Waals surface area contributed by atoms with Gasteiger partial charge in [0.05, 0.1) is 12.8 Å². The van der Waals surface area contributed by atoms with Gasteiger partial charge in [-0.3, -0.25) is 0 Å². The third-order valence-corrected chi connectivity index (χ3v) is 3.49. The van der Waals surface area contributed by atoms with Crippen molar-refractivity contribution in [2.24, 2.45) is 5.92 Å². The summed E-state index contributed by atoms with van der Waals surface area (Å²) in [5.41, 5.74) is 0.575. The molecule has 0 bridgehead atoms. The van der Waals surface area contributed by atoms with Crippen LogP contribution in [0.3, 0.4) is 0 Å². The molecule has 2 rings (SSSR count). The molecule has 0 spiro atoms. The third kappa shape index (κ3) is 2.57. The van der Waals surface area contributed by atoms with Crippen LogP contribution < -0.4 is 4.90 Å². The summed E-state index contributed by atoms with van der Waals surface area (Å²) in [7, 11) is 0. The number of anilines is 1. The molecule has 0 aliphatic carbocycles. The van der Waals surface area contributed by atoms with E-state index < -0.39 is 5.82 Å². The van der Waals surface area contributed by atoms with Gasteiger partial charge < -0.3 is 10.0 Å². The minimum Gasteiger partial charge on any atom is -0.392 e. The van der Waals surface area contributed by atoms with Crippen molar-refractivity contribution in [2.75, 3.05) is 11.4 Å². The normalized spacial score (nSPS) is 25.1. The first kappa shape index (κ1) is 12.3. The fourth-order valence-corrected chi connectivity index (χ4v) is 2.57. The monoisotopic (exact) mass is 238 g/mol. The van der Waals surface area contributed by atoms with Crippen molar-refractivity contribution in [3.05, 3.63) is 23.6 Å². The van der Waals surface area contributed by atoms with Crippen LogP contribution in [0.2, 0.25) is 0 Å². The molecular formula is C13H19FN2O. The molecule has 2 unspecified atom stereocenters. The summed E-state index contributed by atoms with van der Waals surface area (Å²) in [6, 6.07) is 1.76. The van der Waals surface area contributed by atoms with Crippen LogP contribution in [0.15, 0.2) is 12.3 Å². The summed E-state index contributed by atoms with van der Waals surface area (Å²) in [5.74, 6) is 1.06. The molecule has 0 amide bonds. The Balaban J connectivity index is 2.27. The zero-order chi connectivity index (χ0) is 12.4. The Morgan fingerprint density at radius 2 is 2.29 bits per heavy atom. The number of aliphatic hydroxyl groups excluding tert-OH is 1. The molecule has 1 aromatic heterocycles. The predicted molar refractivity (Wildman–Crippen MR) is 65.3 cm³/mol. The minimum absolute atomic E-state index is 0.168. The van der Waals surface area contributed by atoms with Crippen LogP contribution in [-0.4, -0.2) is 22.7 Å². The van der Waals surface area contributed by atoms with Crippen LogP contribution in [0, 0.1) is 11.7 Å². The average molecular weight is 238 g/mol. The van der Waals surface area contributed by atoms with Crippen LogP contribution in [-0.2, 0) is 6.61 Å². The molecule has 1 N–H and O–H groups in total.